The number of nitrogens with one attached hydrogen (secondary N) is 1. The van der Waals surface area contributed by atoms with Gasteiger partial charge in [-0.2, -0.15) is 13.2 Å². The molecule has 0 spiro atoms. The maximum absolute atomic E-state index is 14.0. The average molecular weight is 457 g/mol. The van der Waals surface area contributed by atoms with Crippen molar-refractivity contribution in [1.82, 2.24) is 10.2 Å². The van der Waals surface area contributed by atoms with E-state index in [-0.39, 0.29) is 24.0 Å². The third-order valence-corrected chi connectivity index (χ3v) is 5.23. The molecule has 9 heteroatoms. The molecule has 0 atom stereocenters. The van der Waals surface area contributed by atoms with Gasteiger partial charge in [0.05, 0.1) is 5.56 Å². The van der Waals surface area contributed by atoms with E-state index in [2.05, 4.69) is 5.32 Å². The Balaban J connectivity index is 1.83. The molecule has 1 N–H and O–H groups in total. The topological polar surface area (TPSA) is 49.4 Å². The van der Waals surface area contributed by atoms with Crippen LogP contribution in [-0.2, 0) is 19.1 Å². The molecule has 0 aliphatic carbocycles. The highest BCUT2D eigenvalue weighted by atomic mass is 35.5. The number of alkyl halides is 3. The molecule has 166 valence electrons. The van der Waals surface area contributed by atoms with Crippen LogP contribution in [0.4, 0.5) is 17.6 Å². The van der Waals surface area contributed by atoms with Gasteiger partial charge >= 0.3 is 6.18 Å². The Morgan fingerprint density at radius 2 is 1.87 bits per heavy atom. The van der Waals surface area contributed by atoms with Crippen LogP contribution in [0.5, 0.6) is 0 Å². The van der Waals surface area contributed by atoms with Gasteiger partial charge in [-0.25, -0.2) is 4.39 Å². The third-order valence-electron chi connectivity index (χ3n) is 5.01. The molecule has 0 saturated carbocycles. The summed E-state index contributed by atoms with van der Waals surface area (Å²) in [4.78, 5) is 26.3. The number of fused-ring (bicyclic) bond motifs is 1. The lowest BCUT2D eigenvalue weighted by molar-refractivity contribution is -0.140. The fraction of sp³-hybridized carbons (Fsp3) is 0.364. The number of hydrogen-bond donors (Lipinski definition) is 1. The van der Waals surface area contributed by atoms with Gasteiger partial charge < -0.3 is 10.2 Å². The molecule has 0 fully saturated rings. The number of amides is 2. The van der Waals surface area contributed by atoms with E-state index in [1.165, 1.54) is 4.90 Å². The van der Waals surface area contributed by atoms with Crippen LogP contribution in [0.15, 0.2) is 30.3 Å². The molecular formula is C22H21ClF4N2O2. The molecule has 1 aliphatic rings. The van der Waals surface area contributed by atoms with Crippen LogP contribution >= 0.6 is 11.6 Å². The number of halogens is 5. The van der Waals surface area contributed by atoms with Crippen molar-refractivity contribution in [3.05, 3.63) is 69.0 Å². The highest BCUT2D eigenvalue weighted by molar-refractivity contribution is 6.31. The first-order chi connectivity index (χ1) is 14.5. The Labute approximate surface area is 182 Å². The summed E-state index contributed by atoms with van der Waals surface area (Å²) in [5.41, 5.74) is -0.392. The van der Waals surface area contributed by atoms with E-state index < -0.39 is 29.0 Å². The summed E-state index contributed by atoms with van der Waals surface area (Å²) >= 11 is 5.71. The Bertz CT molecular complexity index is 1020. The van der Waals surface area contributed by atoms with Crippen LogP contribution in [0, 0.1) is 11.7 Å². The maximum atomic E-state index is 14.0. The number of nitrogens with zero attached hydrogens (tertiary/aromatic N) is 1. The van der Waals surface area contributed by atoms with Gasteiger partial charge in [0.1, 0.15) is 11.4 Å². The largest absolute Gasteiger partial charge is 0.420 e. The first-order valence-electron chi connectivity index (χ1n) is 9.73. The second-order valence-corrected chi connectivity index (χ2v) is 8.31. The van der Waals surface area contributed by atoms with Gasteiger partial charge in [-0.1, -0.05) is 31.5 Å². The van der Waals surface area contributed by atoms with Crippen molar-refractivity contribution in [3.63, 3.8) is 0 Å². The normalized spacial score (nSPS) is 13.9. The molecule has 2 aromatic carbocycles. The summed E-state index contributed by atoms with van der Waals surface area (Å²) in [5, 5.41) is 2.54. The van der Waals surface area contributed by atoms with E-state index >= 15 is 0 Å². The fourth-order valence-corrected chi connectivity index (χ4v) is 3.67. The summed E-state index contributed by atoms with van der Waals surface area (Å²) in [6, 6.07) is 6.41. The van der Waals surface area contributed by atoms with Crippen LogP contribution in [0.2, 0.25) is 5.02 Å². The van der Waals surface area contributed by atoms with E-state index in [1.54, 1.807) is 18.2 Å². The van der Waals surface area contributed by atoms with Gasteiger partial charge in [0.2, 0.25) is 0 Å². The van der Waals surface area contributed by atoms with Gasteiger partial charge in [0.15, 0.2) is 0 Å². The van der Waals surface area contributed by atoms with Crippen molar-refractivity contribution in [2.75, 3.05) is 13.1 Å². The summed E-state index contributed by atoms with van der Waals surface area (Å²) in [5.74, 6) is -2.44. The van der Waals surface area contributed by atoms with Crippen molar-refractivity contribution in [2.24, 2.45) is 5.92 Å². The monoisotopic (exact) mass is 456 g/mol. The quantitative estimate of drug-likeness (QED) is 0.652. The van der Waals surface area contributed by atoms with Gasteiger partial charge in [-0.3, -0.25) is 9.59 Å². The minimum absolute atomic E-state index is 0.0491. The predicted octanol–water partition coefficient (Wildman–Crippen LogP) is 5.08. The first kappa shape index (κ1) is 23.1. The minimum atomic E-state index is -5.04. The average Bonchev–Trinajstić information content (AvgIpc) is 2.68. The van der Waals surface area contributed by atoms with Crippen molar-refractivity contribution < 1.29 is 27.2 Å². The highest BCUT2D eigenvalue weighted by Crippen LogP contribution is 2.36. The van der Waals surface area contributed by atoms with Gasteiger partial charge in [-0.05, 0) is 47.7 Å². The standard InChI is InChI=1S/C22H21ClF4N2O2/c1-12(2)10-28-20(30)14-3-4-15-11-29(6-5-13(15)7-14)21(31)17-8-16(23)9-18(24)19(17)22(25,26)27/h3-4,7-9,12H,5-6,10-11H2,1-2H3,(H,28,30). The summed E-state index contributed by atoms with van der Waals surface area (Å²) < 4.78 is 54.0. The van der Waals surface area contributed by atoms with E-state index in [1.807, 2.05) is 13.8 Å². The summed E-state index contributed by atoms with van der Waals surface area (Å²) in [7, 11) is 0. The zero-order chi connectivity index (χ0) is 22.9. The van der Waals surface area contributed by atoms with Gasteiger partial charge in [0, 0.05) is 30.2 Å². The number of rotatable bonds is 4. The molecule has 1 aliphatic heterocycles. The molecule has 0 bridgehead atoms. The molecule has 3 rings (SSSR count). The van der Waals surface area contributed by atoms with Crippen LogP contribution in [0.1, 0.15) is 51.3 Å². The lowest BCUT2D eigenvalue weighted by Gasteiger charge is -2.30. The van der Waals surface area contributed by atoms with Crippen molar-refractivity contribution in [2.45, 2.75) is 33.0 Å². The van der Waals surface area contributed by atoms with E-state index in [0.717, 1.165) is 17.2 Å². The minimum Gasteiger partial charge on any atom is -0.352 e. The SMILES string of the molecule is CC(C)CNC(=O)c1ccc2c(c1)CCN(C(=O)c1cc(Cl)cc(F)c1C(F)(F)F)C2. The zero-order valence-electron chi connectivity index (χ0n) is 16.9. The second-order valence-electron chi connectivity index (χ2n) is 7.87. The molecule has 2 amide bonds. The van der Waals surface area contributed by atoms with Crippen molar-refractivity contribution >= 4 is 23.4 Å². The molecule has 4 nitrogen and oxygen atoms in total. The van der Waals surface area contributed by atoms with Gasteiger partial charge in [-0.15, -0.1) is 0 Å². The molecule has 0 radical (unpaired) electrons. The zero-order valence-corrected chi connectivity index (χ0v) is 17.7. The van der Waals surface area contributed by atoms with Crippen LogP contribution < -0.4 is 5.32 Å². The lowest BCUT2D eigenvalue weighted by atomic mass is 9.95. The third kappa shape index (κ3) is 5.18. The molecule has 0 unspecified atom stereocenters. The first-order valence-corrected chi connectivity index (χ1v) is 10.1. The fourth-order valence-electron chi connectivity index (χ4n) is 3.47. The Hall–Kier alpha value is -2.61. The van der Waals surface area contributed by atoms with Crippen molar-refractivity contribution in [1.29, 1.82) is 0 Å². The number of hydrogen-bond acceptors (Lipinski definition) is 2. The van der Waals surface area contributed by atoms with E-state index in [9.17, 15) is 27.2 Å². The Morgan fingerprint density at radius 3 is 2.52 bits per heavy atom. The second kappa shape index (κ2) is 8.86. The molecule has 2 aromatic rings. The molecule has 0 saturated heterocycles. The smallest absolute Gasteiger partial charge is 0.352 e. The maximum Gasteiger partial charge on any atom is 0.420 e. The van der Waals surface area contributed by atoms with Crippen molar-refractivity contribution in [3.8, 4) is 0 Å². The number of benzene rings is 2. The highest BCUT2D eigenvalue weighted by Gasteiger charge is 2.40. The van der Waals surface area contributed by atoms with Crippen LogP contribution in [-0.4, -0.2) is 29.8 Å². The van der Waals surface area contributed by atoms with Crippen LogP contribution in [0.25, 0.3) is 0 Å². The number of carbonyl (C=O) groups excluding carboxylic acids is 2. The summed E-state index contributed by atoms with van der Waals surface area (Å²) in [6.07, 6.45) is -4.68. The molecule has 1 heterocycles. The van der Waals surface area contributed by atoms with E-state index in [4.69, 9.17) is 11.6 Å². The van der Waals surface area contributed by atoms with Crippen LogP contribution in [0.3, 0.4) is 0 Å². The Kier molecular flexibility index (Phi) is 6.59. The molecular weight excluding hydrogens is 436 g/mol. The van der Waals surface area contributed by atoms with Gasteiger partial charge in [0.25, 0.3) is 11.8 Å². The van der Waals surface area contributed by atoms with E-state index in [0.29, 0.717) is 30.5 Å². The molecule has 0 aromatic heterocycles. The number of carbonyl (C=O) groups is 2. The predicted molar refractivity (Wildman–Crippen MR) is 108 cm³/mol. The Morgan fingerprint density at radius 1 is 1.16 bits per heavy atom. The lowest BCUT2D eigenvalue weighted by Crippen LogP contribution is -2.37. The molecule has 31 heavy (non-hydrogen) atoms. The summed E-state index contributed by atoms with van der Waals surface area (Å²) in [6.45, 7) is 4.68.